The molecule has 1 aliphatic heterocycles. The number of aromatic nitrogens is 2. The van der Waals surface area contributed by atoms with Gasteiger partial charge in [-0.3, -0.25) is 14.4 Å². The number of likely N-dealkylation sites (N-methyl/N-ethyl adjacent to an activating group) is 1. The number of halogens is 2. The van der Waals surface area contributed by atoms with Crippen molar-refractivity contribution in [3.63, 3.8) is 0 Å². The molecule has 3 heterocycles. The van der Waals surface area contributed by atoms with Crippen LogP contribution in [0.5, 0.6) is 0 Å². The standard InChI is InChI=1S/C29H30F2N4O3S/c1-15(2)9-24(34(4)28(37)22-13-18-19(31)11-17(30)12-21(18)32-22)29(38)35-14-16(3)10-23(35)26(36)27-33-20-7-5-6-8-25(20)39-27/h5-8,11-13,15-16,23-24,32H,9-10,14H2,1-4H3/t16?,23?,24-/m0/s1. The number of carbonyl (C=O) groups excluding carboxylic acids is 3. The third-order valence-corrected chi connectivity index (χ3v) is 8.30. The second-order valence-corrected chi connectivity index (χ2v) is 11.8. The minimum atomic E-state index is -0.846. The van der Waals surface area contributed by atoms with Crippen molar-refractivity contribution in [3.05, 3.63) is 64.8 Å². The number of nitrogens with zero attached hydrogens (tertiary/aromatic N) is 3. The number of rotatable bonds is 7. The normalized spacial score (nSPS) is 18.3. The molecule has 7 nitrogen and oxygen atoms in total. The summed E-state index contributed by atoms with van der Waals surface area (Å²) in [5.41, 5.74) is 0.953. The van der Waals surface area contributed by atoms with E-state index in [0.717, 1.165) is 22.3 Å². The zero-order valence-electron chi connectivity index (χ0n) is 22.2. The highest BCUT2D eigenvalue weighted by Crippen LogP contribution is 2.31. The van der Waals surface area contributed by atoms with E-state index in [1.807, 2.05) is 45.0 Å². The Balaban J connectivity index is 1.43. The highest BCUT2D eigenvalue weighted by atomic mass is 32.1. The summed E-state index contributed by atoms with van der Waals surface area (Å²) in [5, 5.41) is 0.458. The Labute approximate surface area is 228 Å². The molecule has 2 amide bonds. The summed E-state index contributed by atoms with van der Waals surface area (Å²) in [5.74, 6) is -2.39. The van der Waals surface area contributed by atoms with Crippen LogP contribution in [0.4, 0.5) is 8.78 Å². The molecule has 0 spiro atoms. The van der Waals surface area contributed by atoms with E-state index in [2.05, 4.69) is 9.97 Å². The lowest BCUT2D eigenvalue weighted by Crippen LogP contribution is -2.52. The molecule has 2 aromatic heterocycles. The number of thiazole rings is 1. The van der Waals surface area contributed by atoms with Gasteiger partial charge >= 0.3 is 0 Å². The number of hydrogen-bond acceptors (Lipinski definition) is 5. The predicted octanol–water partition coefficient (Wildman–Crippen LogP) is 5.66. The third-order valence-electron chi connectivity index (χ3n) is 7.25. The smallest absolute Gasteiger partial charge is 0.270 e. The van der Waals surface area contributed by atoms with Gasteiger partial charge in [0.25, 0.3) is 5.91 Å². The number of likely N-dealkylation sites (tertiary alicyclic amines) is 1. The minimum Gasteiger partial charge on any atom is -0.350 e. The summed E-state index contributed by atoms with van der Waals surface area (Å²) < 4.78 is 28.9. The fraction of sp³-hybridized carbons (Fsp3) is 0.379. The van der Waals surface area contributed by atoms with Crippen molar-refractivity contribution < 1.29 is 23.2 Å². The molecule has 2 unspecified atom stereocenters. The maximum absolute atomic E-state index is 14.3. The molecule has 5 rings (SSSR count). The minimum absolute atomic E-state index is 0.0513. The molecule has 10 heteroatoms. The van der Waals surface area contributed by atoms with Gasteiger partial charge in [0.05, 0.1) is 21.8 Å². The Morgan fingerprint density at radius 3 is 2.64 bits per heavy atom. The van der Waals surface area contributed by atoms with Crippen molar-refractivity contribution in [1.29, 1.82) is 0 Å². The number of carbonyl (C=O) groups is 3. The number of aromatic amines is 1. The first-order valence-electron chi connectivity index (χ1n) is 13.0. The van der Waals surface area contributed by atoms with Crippen molar-refractivity contribution in [3.8, 4) is 0 Å². The number of hydrogen-bond donors (Lipinski definition) is 1. The van der Waals surface area contributed by atoms with Gasteiger partial charge < -0.3 is 14.8 Å². The number of benzene rings is 2. The molecule has 0 bridgehead atoms. The molecule has 3 atom stereocenters. The van der Waals surface area contributed by atoms with Gasteiger partial charge in [-0.15, -0.1) is 11.3 Å². The highest BCUT2D eigenvalue weighted by molar-refractivity contribution is 7.20. The van der Waals surface area contributed by atoms with Crippen LogP contribution in [-0.2, 0) is 4.79 Å². The van der Waals surface area contributed by atoms with E-state index in [9.17, 15) is 23.2 Å². The van der Waals surface area contributed by atoms with E-state index in [1.54, 1.807) is 4.90 Å². The summed E-state index contributed by atoms with van der Waals surface area (Å²) in [4.78, 5) is 51.4. The van der Waals surface area contributed by atoms with E-state index in [4.69, 9.17) is 0 Å². The topological polar surface area (TPSA) is 86.4 Å². The van der Waals surface area contributed by atoms with Crippen LogP contribution < -0.4 is 0 Å². The average Bonchev–Trinajstić information content (AvgIpc) is 3.61. The van der Waals surface area contributed by atoms with Crippen LogP contribution >= 0.6 is 11.3 Å². The van der Waals surface area contributed by atoms with Crippen LogP contribution in [0, 0.1) is 23.5 Å². The van der Waals surface area contributed by atoms with Crippen LogP contribution in [0.1, 0.15) is 53.9 Å². The van der Waals surface area contributed by atoms with E-state index in [1.165, 1.54) is 29.4 Å². The number of para-hydroxylation sites is 1. The lowest BCUT2D eigenvalue weighted by Gasteiger charge is -2.33. The highest BCUT2D eigenvalue weighted by Gasteiger charge is 2.43. The summed E-state index contributed by atoms with van der Waals surface area (Å²) in [6.07, 6.45) is 0.886. The summed E-state index contributed by atoms with van der Waals surface area (Å²) in [6, 6.07) is 9.22. The van der Waals surface area contributed by atoms with Gasteiger partial charge in [0.2, 0.25) is 11.7 Å². The van der Waals surface area contributed by atoms with E-state index in [0.29, 0.717) is 24.4 Å². The van der Waals surface area contributed by atoms with Gasteiger partial charge in [-0.05, 0) is 48.9 Å². The van der Waals surface area contributed by atoms with Crippen LogP contribution in [0.3, 0.4) is 0 Å². The van der Waals surface area contributed by atoms with E-state index in [-0.39, 0.29) is 40.1 Å². The Hall–Kier alpha value is -3.66. The van der Waals surface area contributed by atoms with Gasteiger partial charge in [0.1, 0.15) is 23.4 Å². The Morgan fingerprint density at radius 2 is 1.92 bits per heavy atom. The second-order valence-electron chi connectivity index (χ2n) is 10.8. The fourth-order valence-corrected chi connectivity index (χ4v) is 6.28. The molecule has 4 aromatic rings. The van der Waals surface area contributed by atoms with Crippen molar-refractivity contribution >= 4 is 50.1 Å². The van der Waals surface area contributed by atoms with Gasteiger partial charge in [-0.2, -0.15) is 0 Å². The molecular formula is C29H30F2N4O3S. The summed E-state index contributed by atoms with van der Waals surface area (Å²) >= 11 is 1.31. The largest absolute Gasteiger partial charge is 0.350 e. The Kier molecular flexibility index (Phi) is 7.24. The summed E-state index contributed by atoms with van der Waals surface area (Å²) in [6.45, 7) is 6.30. The summed E-state index contributed by atoms with van der Waals surface area (Å²) in [7, 11) is 1.53. The monoisotopic (exact) mass is 552 g/mol. The zero-order chi connectivity index (χ0) is 28.0. The molecule has 0 radical (unpaired) electrons. The van der Waals surface area contributed by atoms with Crippen molar-refractivity contribution in [1.82, 2.24) is 19.8 Å². The van der Waals surface area contributed by atoms with Crippen molar-refractivity contribution in [2.75, 3.05) is 13.6 Å². The lowest BCUT2D eigenvalue weighted by atomic mass is 10.00. The van der Waals surface area contributed by atoms with Gasteiger partial charge in [-0.1, -0.05) is 32.9 Å². The van der Waals surface area contributed by atoms with Crippen LogP contribution in [-0.4, -0.2) is 63.0 Å². The molecule has 0 saturated carbocycles. The number of H-pyrrole nitrogens is 1. The Bertz CT molecular complexity index is 1550. The molecule has 1 saturated heterocycles. The number of ketones is 1. The average molecular weight is 553 g/mol. The van der Waals surface area contributed by atoms with Gasteiger partial charge in [0.15, 0.2) is 5.01 Å². The molecule has 0 aliphatic carbocycles. The van der Waals surface area contributed by atoms with Crippen LogP contribution in [0.25, 0.3) is 21.1 Å². The molecular weight excluding hydrogens is 522 g/mol. The second kappa shape index (κ2) is 10.5. The first kappa shape index (κ1) is 26.9. The Morgan fingerprint density at radius 1 is 1.18 bits per heavy atom. The number of fused-ring (bicyclic) bond motifs is 2. The fourth-order valence-electron chi connectivity index (χ4n) is 5.33. The van der Waals surface area contributed by atoms with E-state index >= 15 is 0 Å². The van der Waals surface area contributed by atoms with Gasteiger partial charge in [0, 0.05) is 25.0 Å². The number of amides is 2. The van der Waals surface area contributed by atoms with Gasteiger partial charge in [-0.25, -0.2) is 13.8 Å². The zero-order valence-corrected chi connectivity index (χ0v) is 23.0. The maximum atomic E-state index is 14.3. The quantitative estimate of drug-likeness (QED) is 0.300. The molecule has 39 heavy (non-hydrogen) atoms. The first-order chi connectivity index (χ1) is 18.5. The molecule has 1 aliphatic rings. The van der Waals surface area contributed by atoms with Crippen LogP contribution in [0.15, 0.2) is 42.5 Å². The maximum Gasteiger partial charge on any atom is 0.270 e. The predicted molar refractivity (Wildman–Crippen MR) is 147 cm³/mol. The van der Waals surface area contributed by atoms with E-state index < -0.39 is 29.6 Å². The van der Waals surface area contributed by atoms with Crippen LogP contribution in [0.2, 0.25) is 0 Å². The lowest BCUT2D eigenvalue weighted by molar-refractivity contribution is -0.136. The number of nitrogens with one attached hydrogen (secondary N) is 1. The molecule has 1 fully saturated rings. The molecule has 204 valence electrons. The SMILES string of the molecule is CC(C)C[C@@H](C(=O)N1CC(C)CC1C(=O)c1nc2ccccc2s1)N(C)C(=O)c1cc2c(F)cc(F)cc2[nH]1. The first-order valence-corrected chi connectivity index (χ1v) is 13.8. The number of Topliss-reactive ketones (excluding diaryl/α,β-unsaturated/α-hetero) is 1. The van der Waals surface area contributed by atoms with Crippen molar-refractivity contribution in [2.24, 2.45) is 11.8 Å². The van der Waals surface area contributed by atoms with Crippen molar-refractivity contribution in [2.45, 2.75) is 45.7 Å². The molecule has 2 aromatic carbocycles. The molecule has 1 N–H and O–H groups in total. The third kappa shape index (κ3) is 5.17.